The lowest BCUT2D eigenvalue weighted by atomic mass is 10.1. The first-order valence-corrected chi connectivity index (χ1v) is 4.65. The quantitative estimate of drug-likeness (QED) is 0.718. The molecule has 0 aromatic heterocycles. The lowest BCUT2D eigenvalue weighted by Gasteiger charge is -2.16. The Morgan fingerprint density at radius 3 is 2.33 bits per heavy atom. The van der Waals surface area contributed by atoms with Crippen LogP contribution in [0.25, 0.3) is 0 Å². The molecule has 0 atom stereocenters. The average molecular weight is 208 g/mol. The zero-order chi connectivity index (χ0) is 11.2. The minimum absolute atomic E-state index is 0.0810. The number of hydrogen-bond acceptors (Lipinski definition) is 4. The summed E-state index contributed by atoms with van der Waals surface area (Å²) in [6.45, 7) is 4.91. The molecule has 1 aliphatic rings. The maximum Gasteiger partial charge on any atom is 0.246 e. The Kier molecular flexibility index (Phi) is 1.89. The van der Waals surface area contributed by atoms with Gasteiger partial charge in [0.15, 0.2) is 17.3 Å². The van der Waals surface area contributed by atoms with Gasteiger partial charge in [0.2, 0.25) is 5.79 Å². The molecular formula is C11H12O4. The maximum atomic E-state index is 11.2. The number of phenols is 1. The molecule has 0 bridgehead atoms. The van der Waals surface area contributed by atoms with E-state index in [1.165, 1.54) is 19.1 Å². The van der Waals surface area contributed by atoms with Gasteiger partial charge in [0.25, 0.3) is 0 Å². The second kappa shape index (κ2) is 2.89. The molecule has 0 spiro atoms. The van der Waals surface area contributed by atoms with Crippen molar-refractivity contribution < 1.29 is 19.4 Å². The molecule has 1 aliphatic heterocycles. The number of carbonyl (C=O) groups is 1. The summed E-state index contributed by atoms with van der Waals surface area (Å²) in [6, 6.07) is 2.91. The van der Waals surface area contributed by atoms with Gasteiger partial charge in [0.05, 0.1) is 5.56 Å². The highest BCUT2D eigenvalue weighted by Gasteiger charge is 2.32. The van der Waals surface area contributed by atoms with Crippen LogP contribution < -0.4 is 9.47 Å². The number of ether oxygens (including phenoxy) is 2. The molecule has 4 heteroatoms. The third-order valence-electron chi connectivity index (χ3n) is 2.15. The second-order valence-corrected chi connectivity index (χ2v) is 3.98. The van der Waals surface area contributed by atoms with Crippen LogP contribution in [0.2, 0.25) is 0 Å². The van der Waals surface area contributed by atoms with Crippen molar-refractivity contribution in [3.8, 4) is 17.2 Å². The van der Waals surface area contributed by atoms with Crippen LogP contribution in [0, 0.1) is 0 Å². The van der Waals surface area contributed by atoms with Gasteiger partial charge in [0, 0.05) is 19.9 Å². The molecule has 2 rings (SSSR count). The molecule has 1 heterocycles. The normalized spacial score (nSPS) is 16.5. The molecular weight excluding hydrogens is 196 g/mol. The smallest absolute Gasteiger partial charge is 0.246 e. The van der Waals surface area contributed by atoms with E-state index in [0.29, 0.717) is 11.5 Å². The molecule has 1 N–H and O–H groups in total. The Morgan fingerprint density at radius 1 is 1.27 bits per heavy atom. The topological polar surface area (TPSA) is 55.8 Å². The van der Waals surface area contributed by atoms with E-state index in [9.17, 15) is 9.90 Å². The van der Waals surface area contributed by atoms with Crippen molar-refractivity contribution in [3.05, 3.63) is 17.7 Å². The molecule has 0 amide bonds. The summed E-state index contributed by atoms with van der Waals surface area (Å²) in [6.07, 6.45) is 0. The van der Waals surface area contributed by atoms with Gasteiger partial charge < -0.3 is 14.6 Å². The Labute approximate surface area is 87.4 Å². The van der Waals surface area contributed by atoms with Gasteiger partial charge in [0.1, 0.15) is 5.75 Å². The highest BCUT2D eigenvalue weighted by Crippen LogP contribution is 2.42. The van der Waals surface area contributed by atoms with E-state index in [1.54, 1.807) is 13.8 Å². The minimum Gasteiger partial charge on any atom is -0.507 e. The van der Waals surface area contributed by atoms with Crippen LogP contribution in [0.5, 0.6) is 17.2 Å². The van der Waals surface area contributed by atoms with Crippen molar-refractivity contribution >= 4 is 5.78 Å². The van der Waals surface area contributed by atoms with Crippen molar-refractivity contribution in [2.75, 3.05) is 0 Å². The monoisotopic (exact) mass is 208 g/mol. The molecule has 1 aromatic rings. The summed E-state index contributed by atoms with van der Waals surface area (Å²) in [7, 11) is 0. The third-order valence-corrected chi connectivity index (χ3v) is 2.15. The number of ketones is 1. The number of Topliss-reactive ketones (excluding diaryl/α,β-unsaturated/α-hetero) is 1. The fourth-order valence-corrected chi connectivity index (χ4v) is 1.54. The van der Waals surface area contributed by atoms with E-state index in [-0.39, 0.29) is 17.1 Å². The number of carbonyl (C=O) groups excluding carboxylic acids is 1. The number of benzene rings is 1. The largest absolute Gasteiger partial charge is 0.507 e. The molecule has 0 aliphatic carbocycles. The Morgan fingerprint density at radius 2 is 1.80 bits per heavy atom. The van der Waals surface area contributed by atoms with Crippen molar-refractivity contribution in [1.29, 1.82) is 0 Å². The first-order valence-electron chi connectivity index (χ1n) is 4.65. The molecule has 0 fully saturated rings. The van der Waals surface area contributed by atoms with Crippen LogP contribution in [0.3, 0.4) is 0 Å². The molecule has 0 saturated heterocycles. The van der Waals surface area contributed by atoms with Crippen LogP contribution in [0.4, 0.5) is 0 Å². The SMILES string of the molecule is CC(=O)c1cc2c(cc1O)OC(C)(C)O2. The Balaban J connectivity index is 2.50. The number of fused-ring (bicyclic) bond motifs is 1. The molecule has 0 unspecified atom stereocenters. The highest BCUT2D eigenvalue weighted by atomic mass is 16.7. The van der Waals surface area contributed by atoms with Crippen LogP contribution >= 0.6 is 0 Å². The predicted molar refractivity (Wildman–Crippen MR) is 53.4 cm³/mol. The third kappa shape index (κ3) is 1.63. The predicted octanol–water partition coefficient (Wildman–Crippen LogP) is 2.10. The molecule has 0 radical (unpaired) electrons. The maximum absolute atomic E-state index is 11.2. The average Bonchev–Trinajstić information content (AvgIpc) is 2.36. The van der Waals surface area contributed by atoms with Gasteiger partial charge in [-0.1, -0.05) is 0 Å². The fraction of sp³-hybridized carbons (Fsp3) is 0.364. The summed E-state index contributed by atoms with van der Waals surface area (Å²) in [5.74, 6) is -0.0823. The summed E-state index contributed by atoms with van der Waals surface area (Å²) in [5.41, 5.74) is 0.245. The van der Waals surface area contributed by atoms with E-state index >= 15 is 0 Å². The summed E-state index contributed by atoms with van der Waals surface area (Å²) in [5, 5.41) is 9.56. The Hall–Kier alpha value is -1.71. The first kappa shape index (κ1) is 9.83. The van der Waals surface area contributed by atoms with E-state index in [4.69, 9.17) is 9.47 Å². The van der Waals surface area contributed by atoms with Gasteiger partial charge in [-0.2, -0.15) is 0 Å². The summed E-state index contributed by atoms with van der Waals surface area (Å²) < 4.78 is 10.9. The van der Waals surface area contributed by atoms with E-state index < -0.39 is 5.79 Å². The lowest BCUT2D eigenvalue weighted by molar-refractivity contribution is -0.0431. The van der Waals surface area contributed by atoms with Gasteiger partial charge in [-0.15, -0.1) is 0 Å². The van der Waals surface area contributed by atoms with E-state index in [1.807, 2.05) is 0 Å². The van der Waals surface area contributed by atoms with Crippen LogP contribution in [0.15, 0.2) is 12.1 Å². The molecule has 4 nitrogen and oxygen atoms in total. The van der Waals surface area contributed by atoms with Crippen molar-refractivity contribution in [3.63, 3.8) is 0 Å². The minimum atomic E-state index is -0.746. The van der Waals surface area contributed by atoms with Crippen LogP contribution in [-0.2, 0) is 0 Å². The van der Waals surface area contributed by atoms with E-state index in [2.05, 4.69) is 0 Å². The van der Waals surface area contributed by atoms with Crippen molar-refractivity contribution in [2.45, 2.75) is 26.6 Å². The molecule has 80 valence electrons. The van der Waals surface area contributed by atoms with Crippen molar-refractivity contribution in [2.24, 2.45) is 0 Å². The number of aromatic hydroxyl groups is 1. The fourth-order valence-electron chi connectivity index (χ4n) is 1.54. The second-order valence-electron chi connectivity index (χ2n) is 3.98. The highest BCUT2D eigenvalue weighted by molar-refractivity contribution is 5.97. The number of hydrogen-bond donors (Lipinski definition) is 1. The van der Waals surface area contributed by atoms with Gasteiger partial charge >= 0.3 is 0 Å². The van der Waals surface area contributed by atoms with Crippen LogP contribution in [0.1, 0.15) is 31.1 Å². The first-order chi connectivity index (χ1) is 6.89. The van der Waals surface area contributed by atoms with Gasteiger partial charge in [-0.05, 0) is 13.0 Å². The summed E-state index contributed by atoms with van der Waals surface area (Å²) >= 11 is 0. The zero-order valence-electron chi connectivity index (χ0n) is 8.83. The number of rotatable bonds is 1. The summed E-state index contributed by atoms with van der Waals surface area (Å²) in [4.78, 5) is 11.2. The van der Waals surface area contributed by atoms with Crippen molar-refractivity contribution in [1.82, 2.24) is 0 Å². The number of phenolic OH excluding ortho intramolecular Hbond substituents is 1. The van der Waals surface area contributed by atoms with Gasteiger partial charge in [-0.3, -0.25) is 4.79 Å². The molecule has 15 heavy (non-hydrogen) atoms. The molecule has 0 saturated carbocycles. The van der Waals surface area contributed by atoms with Crippen LogP contribution in [-0.4, -0.2) is 16.7 Å². The van der Waals surface area contributed by atoms with E-state index in [0.717, 1.165) is 0 Å². The zero-order valence-corrected chi connectivity index (χ0v) is 8.83. The molecule has 1 aromatic carbocycles. The Bertz CT molecular complexity index is 434. The standard InChI is InChI=1S/C11H12O4/c1-6(12)7-4-9-10(5-8(7)13)15-11(2,3)14-9/h4-5,13H,1-3H3. The van der Waals surface area contributed by atoms with Gasteiger partial charge in [-0.25, -0.2) is 0 Å². The lowest BCUT2D eigenvalue weighted by Crippen LogP contribution is -2.29.